The summed E-state index contributed by atoms with van der Waals surface area (Å²) < 4.78 is 0. The second-order valence-electron chi connectivity index (χ2n) is 8.26. The molecule has 0 unspecified atom stereocenters. The first-order valence-electron chi connectivity index (χ1n) is 9.88. The van der Waals surface area contributed by atoms with Gasteiger partial charge in [0.05, 0.1) is 11.6 Å². The van der Waals surface area contributed by atoms with Crippen LogP contribution in [0.25, 0.3) is 0 Å². The summed E-state index contributed by atoms with van der Waals surface area (Å²) >= 11 is 0. The molecule has 1 aliphatic heterocycles. The fourth-order valence-electron chi connectivity index (χ4n) is 5.92. The predicted octanol–water partition coefficient (Wildman–Crippen LogP) is 5.24. The molecule has 2 bridgehead atoms. The van der Waals surface area contributed by atoms with Crippen molar-refractivity contribution >= 4 is 11.7 Å². The Morgan fingerprint density at radius 2 is 1.88 bits per heavy atom. The van der Waals surface area contributed by atoms with Crippen molar-refractivity contribution in [2.75, 3.05) is 5.32 Å². The molecule has 5 rings (SSSR count). The van der Waals surface area contributed by atoms with Crippen molar-refractivity contribution in [3.63, 3.8) is 0 Å². The molecular weight excluding hydrogens is 322 g/mol. The number of aromatic carboxylic acids is 1. The molecule has 2 aromatic rings. The van der Waals surface area contributed by atoms with Crippen molar-refractivity contribution in [2.45, 2.75) is 44.6 Å². The second-order valence-corrected chi connectivity index (χ2v) is 8.26. The third kappa shape index (κ3) is 2.29. The molecule has 3 nitrogen and oxygen atoms in total. The van der Waals surface area contributed by atoms with Gasteiger partial charge in [0.25, 0.3) is 0 Å². The predicted molar refractivity (Wildman–Crippen MR) is 103 cm³/mol. The highest BCUT2D eigenvalue weighted by Gasteiger charge is 2.53. The third-order valence-electron chi connectivity index (χ3n) is 7.08. The summed E-state index contributed by atoms with van der Waals surface area (Å²) in [6, 6.07) is 14.7. The number of carboxylic acid groups (broad SMARTS) is 1. The van der Waals surface area contributed by atoms with Crippen LogP contribution in [0.15, 0.2) is 42.5 Å². The molecule has 0 aromatic heterocycles. The van der Waals surface area contributed by atoms with E-state index in [0.717, 1.165) is 18.3 Å². The van der Waals surface area contributed by atoms with Gasteiger partial charge in [-0.25, -0.2) is 4.79 Å². The van der Waals surface area contributed by atoms with Crippen LogP contribution in [0.5, 0.6) is 0 Å². The Morgan fingerprint density at radius 1 is 1.12 bits per heavy atom. The van der Waals surface area contributed by atoms with Crippen LogP contribution in [-0.2, 0) is 6.42 Å². The van der Waals surface area contributed by atoms with Crippen molar-refractivity contribution in [1.82, 2.24) is 0 Å². The van der Waals surface area contributed by atoms with Gasteiger partial charge in [-0.1, -0.05) is 31.2 Å². The van der Waals surface area contributed by atoms with E-state index in [1.165, 1.54) is 41.6 Å². The molecule has 0 spiro atoms. The molecule has 0 saturated heterocycles. The van der Waals surface area contributed by atoms with Crippen LogP contribution in [0.4, 0.5) is 5.69 Å². The quantitative estimate of drug-likeness (QED) is 0.798. The minimum Gasteiger partial charge on any atom is -0.478 e. The number of rotatable bonds is 3. The summed E-state index contributed by atoms with van der Waals surface area (Å²) in [6.45, 7) is 2.23. The Bertz CT molecular complexity index is 857. The Hall–Kier alpha value is -2.29. The number of nitrogens with one attached hydrogen (secondary N) is 1. The molecular formula is C23H25NO2. The normalized spacial score (nSPS) is 31.2. The van der Waals surface area contributed by atoms with Gasteiger partial charge in [0.15, 0.2) is 0 Å². The minimum atomic E-state index is -0.858. The Labute approximate surface area is 154 Å². The van der Waals surface area contributed by atoms with E-state index < -0.39 is 5.97 Å². The molecule has 0 radical (unpaired) electrons. The van der Waals surface area contributed by atoms with E-state index in [1.54, 1.807) is 12.1 Å². The smallest absolute Gasteiger partial charge is 0.335 e. The van der Waals surface area contributed by atoms with Crippen LogP contribution in [0, 0.1) is 17.8 Å². The zero-order chi connectivity index (χ0) is 17.8. The van der Waals surface area contributed by atoms with E-state index in [-0.39, 0.29) is 6.04 Å². The molecule has 3 heteroatoms. The number of carboxylic acids is 1. The number of aryl methyl sites for hydroxylation is 1. The topological polar surface area (TPSA) is 49.3 Å². The summed E-state index contributed by atoms with van der Waals surface area (Å²) in [5.74, 6) is 2.03. The van der Waals surface area contributed by atoms with Gasteiger partial charge < -0.3 is 10.4 Å². The van der Waals surface area contributed by atoms with Crippen LogP contribution < -0.4 is 5.32 Å². The number of hydrogen-bond acceptors (Lipinski definition) is 2. The number of fused-ring (bicyclic) bond motifs is 7. The largest absolute Gasteiger partial charge is 0.478 e. The molecule has 2 aromatic carbocycles. The minimum absolute atomic E-state index is 0.290. The average molecular weight is 347 g/mol. The lowest BCUT2D eigenvalue weighted by atomic mass is 9.68. The zero-order valence-electron chi connectivity index (χ0n) is 15.1. The molecule has 1 heterocycles. The fourth-order valence-corrected chi connectivity index (χ4v) is 5.92. The van der Waals surface area contributed by atoms with E-state index in [9.17, 15) is 9.90 Å². The number of anilines is 1. The number of carbonyl (C=O) groups is 1. The monoisotopic (exact) mass is 347 g/mol. The fraction of sp³-hybridized carbons (Fsp3) is 0.435. The van der Waals surface area contributed by atoms with Crippen molar-refractivity contribution in [1.29, 1.82) is 0 Å². The van der Waals surface area contributed by atoms with E-state index in [0.29, 0.717) is 17.4 Å². The maximum absolute atomic E-state index is 11.2. The van der Waals surface area contributed by atoms with Gasteiger partial charge in [-0.3, -0.25) is 0 Å². The first kappa shape index (κ1) is 15.9. The van der Waals surface area contributed by atoms with Crippen molar-refractivity contribution in [2.24, 2.45) is 17.8 Å². The van der Waals surface area contributed by atoms with Gasteiger partial charge in [0, 0.05) is 5.69 Å². The van der Waals surface area contributed by atoms with Gasteiger partial charge in [0.2, 0.25) is 0 Å². The highest BCUT2D eigenvalue weighted by molar-refractivity contribution is 5.87. The Balaban J connectivity index is 1.57. The van der Waals surface area contributed by atoms with Crippen LogP contribution in [-0.4, -0.2) is 11.1 Å². The highest BCUT2D eigenvalue weighted by atomic mass is 16.4. The molecule has 2 N–H and O–H groups in total. The number of hydrogen-bond donors (Lipinski definition) is 2. The number of benzene rings is 2. The van der Waals surface area contributed by atoms with Crippen molar-refractivity contribution in [3.8, 4) is 0 Å². The van der Waals surface area contributed by atoms with E-state index >= 15 is 0 Å². The Kier molecular flexibility index (Phi) is 3.59. The van der Waals surface area contributed by atoms with Crippen molar-refractivity contribution < 1.29 is 9.90 Å². The molecule has 134 valence electrons. The average Bonchev–Trinajstić information content (AvgIpc) is 3.29. The Morgan fingerprint density at radius 3 is 2.62 bits per heavy atom. The molecule has 2 aliphatic carbocycles. The van der Waals surface area contributed by atoms with Crippen LogP contribution in [0.1, 0.15) is 65.2 Å². The molecule has 3 aliphatic rings. The first-order chi connectivity index (χ1) is 12.7. The van der Waals surface area contributed by atoms with Gasteiger partial charge in [-0.05, 0) is 84.2 Å². The van der Waals surface area contributed by atoms with Crippen LogP contribution in [0.2, 0.25) is 0 Å². The molecule has 0 amide bonds. The zero-order valence-corrected chi connectivity index (χ0v) is 15.1. The van der Waals surface area contributed by atoms with E-state index in [4.69, 9.17) is 0 Å². The lowest BCUT2D eigenvalue weighted by Crippen LogP contribution is -2.35. The highest BCUT2D eigenvalue weighted by Crippen LogP contribution is 2.63. The van der Waals surface area contributed by atoms with Crippen LogP contribution in [0.3, 0.4) is 0 Å². The van der Waals surface area contributed by atoms with Crippen molar-refractivity contribution in [3.05, 3.63) is 64.7 Å². The van der Waals surface area contributed by atoms with E-state index in [2.05, 4.69) is 30.4 Å². The van der Waals surface area contributed by atoms with E-state index in [1.807, 2.05) is 12.1 Å². The summed E-state index contributed by atoms with van der Waals surface area (Å²) in [5.41, 5.74) is 5.82. The summed E-state index contributed by atoms with van der Waals surface area (Å²) in [7, 11) is 0. The maximum atomic E-state index is 11.2. The van der Waals surface area contributed by atoms with Gasteiger partial charge in [-0.15, -0.1) is 0 Å². The lowest BCUT2D eigenvalue weighted by molar-refractivity contribution is 0.0697. The molecule has 2 fully saturated rings. The van der Waals surface area contributed by atoms with Crippen LogP contribution >= 0.6 is 0 Å². The second kappa shape index (κ2) is 5.87. The standard InChI is InChI=1S/C23H25NO2/c1-2-13-3-10-19-18(11-13)20-16-8-9-17(12-16)21(20)22(24-19)14-4-6-15(7-5-14)23(25)26/h3-7,10-11,16-17,20-22,24H,2,8-9,12H2,1H3,(H,25,26)/t16-,17-,20-,21-,22-/m0/s1. The van der Waals surface area contributed by atoms with Gasteiger partial charge in [-0.2, -0.15) is 0 Å². The third-order valence-corrected chi connectivity index (χ3v) is 7.08. The molecule has 26 heavy (non-hydrogen) atoms. The summed E-state index contributed by atoms with van der Waals surface area (Å²) in [5, 5.41) is 13.0. The SMILES string of the molecule is CCc1ccc2c(c1)[C@@H]1[C@H]3CC[C@@H](C3)[C@@H]1[C@H](c1ccc(C(=O)O)cc1)N2. The molecule has 5 atom stereocenters. The van der Waals surface area contributed by atoms with Gasteiger partial charge in [0.1, 0.15) is 0 Å². The summed E-state index contributed by atoms with van der Waals surface area (Å²) in [4.78, 5) is 11.2. The lowest BCUT2D eigenvalue weighted by Gasteiger charge is -2.43. The van der Waals surface area contributed by atoms with Gasteiger partial charge >= 0.3 is 5.97 Å². The maximum Gasteiger partial charge on any atom is 0.335 e. The molecule has 2 saturated carbocycles. The first-order valence-corrected chi connectivity index (χ1v) is 9.88. The summed E-state index contributed by atoms with van der Waals surface area (Å²) in [6.07, 6.45) is 5.15.